The van der Waals surface area contributed by atoms with E-state index in [1.165, 1.54) is 11.3 Å². The van der Waals surface area contributed by atoms with E-state index >= 15 is 0 Å². The Balaban J connectivity index is 1.75. The fraction of sp³-hybridized carbons (Fsp3) is 0.278. The van der Waals surface area contributed by atoms with Gasteiger partial charge in [-0.3, -0.25) is 9.78 Å². The summed E-state index contributed by atoms with van der Waals surface area (Å²) in [7, 11) is 0. The highest BCUT2D eigenvalue weighted by atomic mass is 32.1. The number of pyridine rings is 1. The molecule has 0 bridgehead atoms. The number of aromatic nitrogens is 4. The molecule has 1 amide bonds. The molecule has 1 fully saturated rings. The Kier molecular flexibility index (Phi) is 4.78. The second-order valence-electron chi connectivity index (χ2n) is 6.06. The van der Waals surface area contributed by atoms with Crippen molar-refractivity contribution < 1.29 is 9.53 Å². The second-order valence-corrected chi connectivity index (χ2v) is 6.92. The smallest absolute Gasteiger partial charge is 0.269 e. The Hall–Kier alpha value is -2.91. The first-order valence-corrected chi connectivity index (χ1v) is 9.39. The van der Waals surface area contributed by atoms with E-state index in [-0.39, 0.29) is 5.69 Å². The molecule has 27 heavy (non-hydrogen) atoms. The number of aryl methyl sites for hydroxylation is 1. The maximum absolute atomic E-state index is 11.9. The molecule has 2 N–H and O–H groups in total. The Morgan fingerprint density at radius 2 is 2.07 bits per heavy atom. The summed E-state index contributed by atoms with van der Waals surface area (Å²) in [5.41, 5.74) is 8.66. The Labute approximate surface area is 160 Å². The summed E-state index contributed by atoms with van der Waals surface area (Å²) in [6.07, 6.45) is 3.32. The van der Waals surface area contributed by atoms with Crippen molar-refractivity contribution in [1.82, 2.24) is 19.9 Å². The highest BCUT2D eigenvalue weighted by Crippen LogP contribution is 2.31. The van der Waals surface area contributed by atoms with Crippen molar-refractivity contribution in [3.8, 4) is 22.0 Å². The molecule has 8 nitrogen and oxygen atoms in total. The Morgan fingerprint density at radius 3 is 2.81 bits per heavy atom. The van der Waals surface area contributed by atoms with Gasteiger partial charge in [0.2, 0.25) is 0 Å². The highest BCUT2D eigenvalue weighted by molar-refractivity contribution is 7.13. The molecule has 0 unspecified atom stereocenters. The minimum absolute atomic E-state index is 0.121. The third-order valence-corrected chi connectivity index (χ3v) is 5.17. The number of hydrogen-bond acceptors (Lipinski definition) is 8. The number of ether oxygens (including phenoxy) is 1. The van der Waals surface area contributed by atoms with Crippen LogP contribution in [0.5, 0.6) is 0 Å². The van der Waals surface area contributed by atoms with Gasteiger partial charge in [0.15, 0.2) is 5.69 Å². The lowest BCUT2D eigenvalue weighted by atomic mass is 10.1. The van der Waals surface area contributed by atoms with Gasteiger partial charge >= 0.3 is 0 Å². The summed E-state index contributed by atoms with van der Waals surface area (Å²) in [5, 5.41) is 2.53. The molecule has 0 radical (unpaired) electrons. The predicted octanol–water partition coefficient (Wildman–Crippen LogP) is 1.91. The SMILES string of the molecule is Cc1ncccc1-c1csc(-c2nc(N3CCOCC3)cnc2C(N)=O)n1. The van der Waals surface area contributed by atoms with Crippen molar-refractivity contribution in [2.75, 3.05) is 31.2 Å². The fourth-order valence-electron chi connectivity index (χ4n) is 2.92. The van der Waals surface area contributed by atoms with E-state index in [1.54, 1.807) is 12.4 Å². The molecule has 0 aliphatic carbocycles. The minimum atomic E-state index is -0.625. The van der Waals surface area contributed by atoms with Gasteiger partial charge in [-0.15, -0.1) is 11.3 Å². The van der Waals surface area contributed by atoms with E-state index < -0.39 is 5.91 Å². The van der Waals surface area contributed by atoms with Gasteiger partial charge in [0, 0.05) is 35.9 Å². The average molecular weight is 382 g/mol. The van der Waals surface area contributed by atoms with Gasteiger partial charge in [0.25, 0.3) is 5.91 Å². The largest absolute Gasteiger partial charge is 0.378 e. The van der Waals surface area contributed by atoms with E-state index in [4.69, 9.17) is 10.5 Å². The number of hydrogen-bond donors (Lipinski definition) is 1. The molecule has 3 aromatic rings. The van der Waals surface area contributed by atoms with Crippen molar-refractivity contribution in [2.24, 2.45) is 5.73 Å². The van der Waals surface area contributed by atoms with Gasteiger partial charge in [-0.2, -0.15) is 0 Å². The summed E-state index contributed by atoms with van der Waals surface area (Å²) < 4.78 is 5.38. The predicted molar refractivity (Wildman–Crippen MR) is 103 cm³/mol. The second kappa shape index (κ2) is 7.37. The number of rotatable bonds is 4. The lowest BCUT2D eigenvalue weighted by molar-refractivity contribution is 0.0995. The van der Waals surface area contributed by atoms with Crippen LogP contribution in [0.2, 0.25) is 0 Å². The molecule has 1 saturated heterocycles. The monoisotopic (exact) mass is 382 g/mol. The van der Waals surface area contributed by atoms with Crippen LogP contribution < -0.4 is 10.6 Å². The van der Waals surface area contributed by atoms with Crippen LogP contribution in [0.3, 0.4) is 0 Å². The molecule has 138 valence electrons. The van der Waals surface area contributed by atoms with Gasteiger partial charge in [-0.05, 0) is 19.1 Å². The van der Waals surface area contributed by atoms with E-state index in [0.717, 1.165) is 30.0 Å². The van der Waals surface area contributed by atoms with E-state index in [0.29, 0.717) is 29.7 Å². The van der Waals surface area contributed by atoms with E-state index in [2.05, 4.69) is 24.8 Å². The molecule has 4 rings (SSSR count). The topological polar surface area (TPSA) is 107 Å². The first kappa shape index (κ1) is 17.5. The number of nitrogens with two attached hydrogens (primary N) is 1. The van der Waals surface area contributed by atoms with Crippen LogP contribution in [0.4, 0.5) is 5.82 Å². The number of morpholine rings is 1. The zero-order valence-corrected chi connectivity index (χ0v) is 15.6. The summed E-state index contributed by atoms with van der Waals surface area (Å²) in [6, 6.07) is 3.83. The quantitative estimate of drug-likeness (QED) is 0.734. The third kappa shape index (κ3) is 3.51. The van der Waals surface area contributed by atoms with Crippen LogP contribution in [0.1, 0.15) is 16.2 Å². The molecule has 0 aromatic carbocycles. The summed E-state index contributed by atoms with van der Waals surface area (Å²) in [4.78, 5) is 31.8. The third-order valence-electron chi connectivity index (χ3n) is 4.32. The van der Waals surface area contributed by atoms with Crippen molar-refractivity contribution >= 4 is 23.1 Å². The number of anilines is 1. The lowest BCUT2D eigenvalue weighted by Gasteiger charge is -2.27. The molecule has 9 heteroatoms. The maximum atomic E-state index is 11.9. The van der Waals surface area contributed by atoms with E-state index in [9.17, 15) is 4.79 Å². The van der Waals surface area contributed by atoms with Crippen LogP contribution in [0.15, 0.2) is 29.9 Å². The molecule has 4 heterocycles. The number of amides is 1. The number of primary amides is 1. The van der Waals surface area contributed by atoms with Gasteiger partial charge < -0.3 is 15.4 Å². The first-order valence-electron chi connectivity index (χ1n) is 8.51. The molecule has 0 atom stereocenters. The first-order chi connectivity index (χ1) is 13.1. The number of nitrogens with zero attached hydrogens (tertiary/aromatic N) is 5. The highest BCUT2D eigenvalue weighted by Gasteiger charge is 2.21. The Morgan fingerprint density at radius 1 is 1.26 bits per heavy atom. The van der Waals surface area contributed by atoms with Crippen molar-refractivity contribution in [1.29, 1.82) is 0 Å². The van der Waals surface area contributed by atoms with E-state index in [1.807, 2.05) is 24.4 Å². The van der Waals surface area contributed by atoms with Gasteiger partial charge in [-0.1, -0.05) is 0 Å². The van der Waals surface area contributed by atoms with Gasteiger partial charge in [0.1, 0.15) is 16.5 Å². The zero-order valence-electron chi connectivity index (χ0n) is 14.8. The summed E-state index contributed by atoms with van der Waals surface area (Å²) >= 11 is 1.40. The number of carbonyl (C=O) groups is 1. The molecule has 1 aliphatic heterocycles. The maximum Gasteiger partial charge on any atom is 0.269 e. The van der Waals surface area contributed by atoms with Gasteiger partial charge in [-0.25, -0.2) is 15.0 Å². The van der Waals surface area contributed by atoms with Crippen LogP contribution in [0.25, 0.3) is 22.0 Å². The van der Waals surface area contributed by atoms with Crippen molar-refractivity contribution in [2.45, 2.75) is 6.92 Å². The summed E-state index contributed by atoms with van der Waals surface area (Å²) in [5.74, 6) is 0.0629. The molecular weight excluding hydrogens is 364 g/mol. The molecule has 0 saturated carbocycles. The van der Waals surface area contributed by atoms with Crippen LogP contribution in [0, 0.1) is 6.92 Å². The molecule has 3 aromatic heterocycles. The van der Waals surface area contributed by atoms with Crippen molar-refractivity contribution in [3.63, 3.8) is 0 Å². The van der Waals surface area contributed by atoms with Crippen molar-refractivity contribution in [3.05, 3.63) is 41.3 Å². The van der Waals surface area contributed by atoms with Crippen LogP contribution in [-0.4, -0.2) is 52.1 Å². The van der Waals surface area contributed by atoms with Gasteiger partial charge in [0.05, 0.1) is 25.1 Å². The molecule has 1 aliphatic rings. The van der Waals surface area contributed by atoms with Crippen LogP contribution >= 0.6 is 11.3 Å². The average Bonchev–Trinajstić information content (AvgIpc) is 3.18. The normalized spacial score (nSPS) is 14.3. The summed E-state index contributed by atoms with van der Waals surface area (Å²) in [6.45, 7) is 4.65. The standard InChI is InChI=1S/C18H18N6O2S/c1-11-12(3-2-4-20-11)13-10-27-18(22-13)16-15(17(19)25)21-9-14(23-16)24-5-7-26-8-6-24/h2-4,9-10H,5-8H2,1H3,(H2,19,25). The minimum Gasteiger partial charge on any atom is -0.378 e. The number of thiazole rings is 1. The molecular formula is C18H18N6O2S. The number of carbonyl (C=O) groups excluding carboxylic acids is 1. The Bertz CT molecular complexity index is 983. The van der Waals surface area contributed by atoms with Crippen LogP contribution in [-0.2, 0) is 4.74 Å². The fourth-order valence-corrected chi connectivity index (χ4v) is 3.72. The lowest BCUT2D eigenvalue weighted by Crippen LogP contribution is -2.37. The zero-order chi connectivity index (χ0) is 18.8. The molecule has 0 spiro atoms.